The molecule has 2 heterocycles. The number of rotatable bonds is 4. The summed E-state index contributed by atoms with van der Waals surface area (Å²) >= 11 is 6.63. The summed E-state index contributed by atoms with van der Waals surface area (Å²) in [4.78, 5) is 12.1. The Bertz CT molecular complexity index is 551. The first-order valence-electron chi connectivity index (χ1n) is 5.38. The number of hydrogen-bond acceptors (Lipinski definition) is 5. The normalized spacial score (nSPS) is 11.3. The summed E-state index contributed by atoms with van der Waals surface area (Å²) in [6, 6.07) is 0. The Morgan fingerprint density at radius 1 is 1.29 bits per heavy atom. The van der Waals surface area contributed by atoms with Gasteiger partial charge >= 0.3 is 0 Å². The van der Waals surface area contributed by atoms with Crippen LogP contribution in [-0.2, 0) is 13.0 Å². The fourth-order valence-electron chi connectivity index (χ4n) is 1.54. The standard InChI is InChI=1S/C10H15N5S2/c1-4-6-8(9-12-10(16)14-13-9)17-7(11-6)5-15(2)3/h4-5H2,1-3H3,(H2,12,13,14,16). The Hall–Kier alpha value is -1.05. The summed E-state index contributed by atoms with van der Waals surface area (Å²) in [5, 5.41) is 6.90. The molecular formula is C10H15N5S2. The van der Waals surface area contributed by atoms with Gasteiger partial charge in [0.05, 0.1) is 10.6 Å². The van der Waals surface area contributed by atoms with E-state index in [1.807, 2.05) is 14.1 Å². The predicted octanol–water partition coefficient (Wildman–Crippen LogP) is 2.21. The molecule has 5 nitrogen and oxygen atoms in total. The molecule has 0 radical (unpaired) electrons. The number of nitrogens with one attached hydrogen (secondary N) is 2. The summed E-state index contributed by atoms with van der Waals surface area (Å²) in [6.45, 7) is 2.95. The first kappa shape index (κ1) is 12.4. The molecule has 0 aliphatic rings. The second kappa shape index (κ2) is 5.07. The number of aromatic nitrogens is 4. The average molecular weight is 269 g/mol. The van der Waals surface area contributed by atoms with Gasteiger partial charge in [-0.15, -0.1) is 11.3 Å². The van der Waals surface area contributed by atoms with Gasteiger partial charge in [0, 0.05) is 6.54 Å². The molecular weight excluding hydrogens is 254 g/mol. The van der Waals surface area contributed by atoms with E-state index >= 15 is 0 Å². The molecule has 0 aromatic carbocycles. The van der Waals surface area contributed by atoms with Crippen LogP contribution in [0, 0.1) is 4.77 Å². The summed E-state index contributed by atoms with van der Waals surface area (Å²) in [7, 11) is 4.07. The highest BCUT2D eigenvalue weighted by atomic mass is 32.1. The lowest BCUT2D eigenvalue weighted by molar-refractivity contribution is 0.401. The first-order chi connectivity index (χ1) is 8.10. The van der Waals surface area contributed by atoms with Gasteiger partial charge in [-0.05, 0) is 32.7 Å². The van der Waals surface area contributed by atoms with Gasteiger partial charge in [0.15, 0.2) is 5.82 Å². The maximum atomic E-state index is 4.97. The first-order valence-corrected chi connectivity index (χ1v) is 6.61. The van der Waals surface area contributed by atoms with Crippen LogP contribution in [0.1, 0.15) is 17.6 Å². The van der Waals surface area contributed by atoms with E-state index in [1.54, 1.807) is 11.3 Å². The molecule has 7 heteroatoms. The molecule has 2 rings (SSSR count). The molecule has 0 fully saturated rings. The predicted molar refractivity (Wildman–Crippen MR) is 71.6 cm³/mol. The number of hydrogen-bond donors (Lipinski definition) is 2. The SMILES string of the molecule is CCc1nc(CN(C)C)sc1-c1nc(=S)[nH][nH]1. The van der Waals surface area contributed by atoms with Crippen LogP contribution in [-0.4, -0.2) is 39.2 Å². The Morgan fingerprint density at radius 2 is 2.06 bits per heavy atom. The van der Waals surface area contributed by atoms with Crippen molar-refractivity contribution in [1.29, 1.82) is 0 Å². The number of H-pyrrole nitrogens is 2. The van der Waals surface area contributed by atoms with Crippen molar-refractivity contribution in [2.24, 2.45) is 0 Å². The minimum atomic E-state index is 0.476. The second-order valence-corrected chi connectivity index (χ2v) is 5.46. The van der Waals surface area contributed by atoms with Crippen LogP contribution in [0.25, 0.3) is 10.7 Å². The summed E-state index contributed by atoms with van der Waals surface area (Å²) < 4.78 is 0.476. The van der Waals surface area contributed by atoms with E-state index in [0.29, 0.717) is 4.77 Å². The van der Waals surface area contributed by atoms with Crippen LogP contribution >= 0.6 is 23.6 Å². The Labute approximate surface area is 109 Å². The van der Waals surface area contributed by atoms with Gasteiger partial charge in [-0.2, -0.15) is 4.98 Å². The molecule has 0 unspecified atom stereocenters. The third-order valence-corrected chi connectivity index (χ3v) is 3.53. The minimum absolute atomic E-state index is 0.476. The van der Waals surface area contributed by atoms with Gasteiger partial charge in [0.2, 0.25) is 4.77 Å². The van der Waals surface area contributed by atoms with Crippen LogP contribution in [0.2, 0.25) is 0 Å². The lowest BCUT2D eigenvalue weighted by Crippen LogP contribution is -2.10. The van der Waals surface area contributed by atoms with E-state index in [1.165, 1.54) is 0 Å². The molecule has 92 valence electrons. The van der Waals surface area contributed by atoms with Crippen LogP contribution in [0.4, 0.5) is 0 Å². The molecule has 0 bridgehead atoms. The van der Waals surface area contributed by atoms with Crippen LogP contribution in [0.3, 0.4) is 0 Å². The van der Waals surface area contributed by atoms with Crippen molar-refractivity contribution in [3.05, 3.63) is 15.5 Å². The minimum Gasteiger partial charge on any atom is -0.303 e. The van der Waals surface area contributed by atoms with Crippen molar-refractivity contribution < 1.29 is 0 Å². The third kappa shape index (κ3) is 2.80. The second-order valence-electron chi connectivity index (χ2n) is 3.99. The zero-order valence-electron chi connectivity index (χ0n) is 10.1. The lowest BCUT2D eigenvalue weighted by Gasteiger charge is -2.04. The number of nitrogens with zero attached hydrogens (tertiary/aromatic N) is 3. The average Bonchev–Trinajstić information content (AvgIpc) is 2.83. The molecule has 2 N–H and O–H groups in total. The molecule has 0 amide bonds. The maximum Gasteiger partial charge on any atom is 0.213 e. The topological polar surface area (TPSA) is 60.6 Å². The highest BCUT2D eigenvalue weighted by Crippen LogP contribution is 2.28. The van der Waals surface area contributed by atoms with Crippen molar-refractivity contribution in [1.82, 2.24) is 25.1 Å². The Balaban J connectivity index is 2.39. The van der Waals surface area contributed by atoms with Gasteiger partial charge in [-0.3, -0.25) is 10.2 Å². The summed E-state index contributed by atoms with van der Waals surface area (Å²) in [6.07, 6.45) is 0.896. The van der Waals surface area contributed by atoms with Gasteiger partial charge in [0.1, 0.15) is 5.01 Å². The van der Waals surface area contributed by atoms with E-state index in [0.717, 1.165) is 34.4 Å². The zero-order chi connectivity index (χ0) is 12.4. The molecule has 0 saturated heterocycles. The van der Waals surface area contributed by atoms with Crippen molar-refractivity contribution in [2.45, 2.75) is 19.9 Å². The Morgan fingerprint density at radius 3 is 2.59 bits per heavy atom. The Kier molecular flexibility index (Phi) is 3.70. The number of thiazole rings is 1. The van der Waals surface area contributed by atoms with Gasteiger partial charge < -0.3 is 4.90 Å². The quantitative estimate of drug-likeness (QED) is 0.836. The number of aryl methyl sites for hydroxylation is 1. The van der Waals surface area contributed by atoms with Crippen LogP contribution in [0.15, 0.2) is 0 Å². The maximum absolute atomic E-state index is 4.97. The molecule has 2 aromatic heterocycles. The summed E-state index contributed by atoms with van der Waals surface area (Å²) in [5.41, 5.74) is 1.07. The van der Waals surface area contributed by atoms with Crippen molar-refractivity contribution in [2.75, 3.05) is 14.1 Å². The smallest absolute Gasteiger partial charge is 0.213 e. The van der Waals surface area contributed by atoms with Crippen molar-refractivity contribution >= 4 is 23.6 Å². The summed E-state index contributed by atoms with van der Waals surface area (Å²) in [5.74, 6) is 0.786. The van der Waals surface area contributed by atoms with Gasteiger partial charge in [-0.1, -0.05) is 6.92 Å². The molecule has 17 heavy (non-hydrogen) atoms. The highest BCUT2D eigenvalue weighted by molar-refractivity contribution is 7.71. The molecule has 0 aliphatic heterocycles. The fraction of sp³-hybridized carbons (Fsp3) is 0.500. The molecule has 0 atom stereocenters. The van der Waals surface area contributed by atoms with Crippen molar-refractivity contribution in [3.8, 4) is 10.7 Å². The number of aromatic amines is 2. The zero-order valence-corrected chi connectivity index (χ0v) is 11.7. The van der Waals surface area contributed by atoms with E-state index in [2.05, 4.69) is 32.0 Å². The monoisotopic (exact) mass is 269 g/mol. The largest absolute Gasteiger partial charge is 0.303 e. The van der Waals surface area contributed by atoms with Crippen molar-refractivity contribution in [3.63, 3.8) is 0 Å². The lowest BCUT2D eigenvalue weighted by atomic mass is 10.3. The van der Waals surface area contributed by atoms with Gasteiger partial charge in [0.25, 0.3) is 0 Å². The van der Waals surface area contributed by atoms with Gasteiger partial charge in [-0.25, -0.2) is 4.98 Å². The van der Waals surface area contributed by atoms with E-state index in [4.69, 9.17) is 12.2 Å². The third-order valence-electron chi connectivity index (χ3n) is 2.24. The van der Waals surface area contributed by atoms with Crippen LogP contribution < -0.4 is 0 Å². The molecule has 2 aromatic rings. The molecule has 0 aliphatic carbocycles. The van der Waals surface area contributed by atoms with Crippen LogP contribution in [0.5, 0.6) is 0 Å². The van der Waals surface area contributed by atoms with E-state index in [-0.39, 0.29) is 0 Å². The molecule has 0 saturated carbocycles. The van der Waals surface area contributed by atoms with E-state index < -0.39 is 0 Å². The fourth-order valence-corrected chi connectivity index (χ4v) is 2.90. The van der Waals surface area contributed by atoms with E-state index in [9.17, 15) is 0 Å². The highest BCUT2D eigenvalue weighted by Gasteiger charge is 2.14. The molecule has 0 spiro atoms.